The van der Waals surface area contributed by atoms with Crippen LogP contribution in [0.15, 0.2) is 18.2 Å². The largest absolute Gasteiger partial charge is 0.453 e. The first-order valence-corrected chi connectivity index (χ1v) is 6.88. The second-order valence-corrected chi connectivity index (χ2v) is 5.48. The van der Waals surface area contributed by atoms with E-state index in [4.69, 9.17) is 16.3 Å². The van der Waals surface area contributed by atoms with E-state index in [1.54, 1.807) is 0 Å². The van der Waals surface area contributed by atoms with E-state index in [-0.39, 0.29) is 18.5 Å². The van der Waals surface area contributed by atoms with Gasteiger partial charge in [-0.3, -0.25) is 9.69 Å². The van der Waals surface area contributed by atoms with Gasteiger partial charge in [-0.1, -0.05) is 17.7 Å². The fourth-order valence-corrected chi connectivity index (χ4v) is 3.14. The van der Waals surface area contributed by atoms with Crippen LogP contribution in [0.1, 0.15) is 17.2 Å². The van der Waals surface area contributed by atoms with Crippen LogP contribution in [0, 0.1) is 0 Å². The van der Waals surface area contributed by atoms with Gasteiger partial charge in [0.1, 0.15) is 6.54 Å². The van der Waals surface area contributed by atoms with Crippen LogP contribution in [0.2, 0.25) is 5.02 Å². The molecule has 1 atom stereocenters. The molecule has 106 valence electrons. The molecule has 1 saturated heterocycles. The Balaban J connectivity index is 1.96. The molecule has 2 heterocycles. The minimum atomic E-state index is -0.466. The molecule has 0 spiro atoms. The molecule has 0 aromatic heterocycles. The minimum absolute atomic E-state index is 0.0442. The molecule has 1 fully saturated rings. The molecule has 0 radical (unpaired) electrons. The smallest absolute Gasteiger partial charge is 0.410 e. The number of benzene rings is 1. The highest BCUT2D eigenvalue weighted by Gasteiger charge is 2.38. The standard InChI is InChI=1S/C14H15ClN2O3/c1-20-14(19)16-7-12-11-6-10(15)3-2-9(11)4-5-17(12)13(18)8-16/h2-3,6,12H,4-5,7-8H2,1H3. The molecule has 1 unspecified atom stereocenters. The van der Waals surface area contributed by atoms with E-state index in [1.807, 2.05) is 23.1 Å². The van der Waals surface area contributed by atoms with Gasteiger partial charge in [0.05, 0.1) is 13.2 Å². The number of amides is 2. The summed E-state index contributed by atoms with van der Waals surface area (Å²) in [6.07, 6.45) is 0.361. The first kappa shape index (κ1) is 13.2. The van der Waals surface area contributed by atoms with Crippen LogP contribution in [0.25, 0.3) is 0 Å². The van der Waals surface area contributed by atoms with Crippen LogP contribution >= 0.6 is 11.6 Å². The number of carbonyl (C=O) groups excluding carboxylic acids is 2. The second-order valence-electron chi connectivity index (χ2n) is 5.05. The average molecular weight is 295 g/mol. The average Bonchev–Trinajstić information content (AvgIpc) is 2.46. The van der Waals surface area contributed by atoms with Gasteiger partial charge >= 0.3 is 6.09 Å². The molecule has 2 aliphatic heterocycles. The lowest BCUT2D eigenvalue weighted by Gasteiger charge is -2.44. The molecule has 5 nitrogen and oxygen atoms in total. The van der Waals surface area contributed by atoms with Crippen molar-refractivity contribution in [1.82, 2.24) is 9.80 Å². The summed E-state index contributed by atoms with van der Waals surface area (Å²) in [5.74, 6) is -0.0442. The number of rotatable bonds is 0. The number of fused-ring (bicyclic) bond motifs is 3. The van der Waals surface area contributed by atoms with Crippen LogP contribution in [0.5, 0.6) is 0 Å². The zero-order valence-electron chi connectivity index (χ0n) is 11.1. The normalized spacial score (nSPS) is 21.3. The molecule has 2 amide bonds. The summed E-state index contributed by atoms with van der Waals surface area (Å²) in [6.45, 7) is 1.22. The highest BCUT2D eigenvalue weighted by atomic mass is 35.5. The SMILES string of the molecule is COC(=O)N1CC(=O)N2CCc3ccc(Cl)cc3C2C1. The van der Waals surface area contributed by atoms with Gasteiger partial charge in [-0.05, 0) is 29.7 Å². The van der Waals surface area contributed by atoms with Gasteiger partial charge in [0.15, 0.2) is 0 Å². The molecular formula is C14H15ClN2O3. The van der Waals surface area contributed by atoms with E-state index in [1.165, 1.54) is 17.6 Å². The van der Waals surface area contributed by atoms with Gasteiger partial charge in [0.25, 0.3) is 0 Å². The third-order valence-electron chi connectivity index (χ3n) is 3.94. The monoisotopic (exact) mass is 294 g/mol. The Bertz CT molecular complexity index is 576. The Labute approximate surface area is 122 Å². The van der Waals surface area contributed by atoms with Gasteiger partial charge in [0, 0.05) is 18.1 Å². The van der Waals surface area contributed by atoms with Crippen LogP contribution in [0.4, 0.5) is 4.79 Å². The van der Waals surface area contributed by atoms with E-state index in [0.29, 0.717) is 18.1 Å². The molecule has 0 N–H and O–H groups in total. The van der Waals surface area contributed by atoms with Gasteiger partial charge in [-0.2, -0.15) is 0 Å². The number of piperazine rings is 1. The summed E-state index contributed by atoms with van der Waals surface area (Å²) in [7, 11) is 1.32. The van der Waals surface area contributed by atoms with Crippen LogP contribution in [-0.2, 0) is 16.0 Å². The van der Waals surface area contributed by atoms with Crippen molar-refractivity contribution in [3.8, 4) is 0 Å². The van der Waals surface area contributed by atoms with Crippen molar-refractivity contribution in [2.45, 2.75) is 12.5 Å². The summed E-state index contributed by atoms with van der Waals surface area (Å²) in [4.78, 5) is 27.1. The topological polar surface area (TPSA) is 49.9 Å². The van der Waals surface area contributed by atoms with Gasteiger partial charge in [-0.15, -0.1) is 0 Å². The van der Waals surface area contributed by atoms with Crippen molar-refractivity contribution in [3.63, 3.8) is 0 Å². The van der Waals surface area contributed by atoms with E-state index in [0.717, 1.165) is 12.0 Å². The molecular weight excluding hydrogens is 280 g/mol. The minimum Gasteiger partial charge on any atom is -0.453 e. The Morgan fingerprint density at radius 1 is 1.45 bits per heavy atom. The summed E-state index contributed by atoms with van der Waals surface area (Å²) in [5, 5.41) is 0.647. The number of hydrogen-bond acceptors (Lipinski definition) is 3. The molecule has 20 heavy (non-hydrogen) atoms. The summed E-state index contributed by atoms with van der Waals surface area (Å²) >= 11 is 6.06. The van der Waals surface area contributed by atoms with Crippen molar-refractivity contribution in [2.24, 2.45) is 0 Å². The third-order valence-corrected chi connectivity index (χ3v) is 4.17. The molecule has 1 aromatic rings. The predicted molar refractivity (Wildman–Crippen MR) is 73.6 cm³/mol. The quantitative estimate of drug-likeness (QED) is 0.734. The van der Waals surface area contributed by atoms with Crippen molar-refractivity contribution in [2.75, 3.05) is 26.7 Å². The number of nitrogens with zero attached hydrogens (tertiary/aromatic N) is 2. The molecule has 1 aromatic carbocycles. The molecule has 0 bridgehead atoms. The number of ether oxygens (including phenoxy) is 1. The van der Waals surface area contributed by atoms with Crippen molar-refractivity contribution in [3.05, 3.63) is 34.3 Å². The first-order valence-electron chi connectivity index (χ1n) is 6.51. The Kier molecular flexibility index (Phi) is 3.30. The van der Waals surface area contributed by atoms with Crippen molar-refractivity contribution in [1.29, 1.82) is 0 Å². The second kappa shape index (κ2) is 4.98. The Hall–Kier alpha value is -1.75. The zero-order valence-corrected chi connectivity index (χ0v) is 11.9. The third kappa shape index (κ3) is 2.12. The maximum Gasteiger partial charge on any atom is 0.410 e. The number of carbonyl (C=O) groups is 2. The number of halogens is 1. The summed E-state index contributed by atoms with van der Waals surface area (Å²) < 4.78 is 4.72. The van der Waals surface area contributed by atoms with Crippen molar-refractivity contribution >= 4 is 23.6 Å². The van der Waals surface area contributed by atoms with E-state index in [2.05, 4.69) is 0 Å². The maximum atomic E-state index is 12.2. The Morgan fingerprint density at radius 2 is 2.25 bits per heavy atom. The molecule has 0 saturated carbocycles. The van der Waals surface area contributed by atoms with E-state index >= 15 is 0 Å². The van der Waals surface area contributed by atoms with Gasteiger partial charge in [0.2, 0.25) is 5.91 Å². The van der Waals surface area contributed by atoms with Crippen LogP contribution in [-0.4, -0.2) is 48.5 Å². The fraction of sp³-hybridized carbons (Fsp3) is 0.429. The highest BCUT2D eigenvalue weighted by molar-refractivity contribution is 6.30. The molecule has 2 aliphatic rings. The van der Waals surface area contributed by atoms with E-state index < -0.39 is 6.09 Å². The highest BCUT2D eigenvalue weighted by Crippen LogP contribution is 2.34. The van der Waals surface area contributed by atoms with Crippen molar-refractivity contribution < 1.29 is 14.3 Å². The predicted octanol–water partition coefficient (Wildman–Crippen LogP) is 1.85. The lowest BCUT2D eigenvalue weighted by Crippen LogP contribution is -2.55. The molecule has 0 aliphatic carbocycles. The maximum absolute atomic E-state index is 12.2. The van der Waals surface area contributed by atoms with Crippen LogP contribution < -0.4 is 0 Å². The fourth-order valence-electron chi connectivity index (χ4n) is 2.96. The van der Waals surface area contributed by atoms with Gasteiger partial charge < -0.3 is 9.64 Å². The molecule has 6 heteroatoms. The lowest BCUT2D eigenvalue weighted by atomic mass is 9.91. The molecule has 3 rings (SSSR count). The van der Waals surface area contributed by atoms with Gasteiger partial charge in [-0.25, -0.2) is 4.79 Å². The number of hydrogen-bond donors (Lipinski definition) is 0. The first-order chi connectivity index (χ1) is 9.60. The van der Waals surface area contributed by atoms with E-state index in [9.17, 15) is 9.59 Å². The lowest BCUT2D eigenvalue weighted by molar-refractivity contribution is -0.139. The zero-order chi connectivity index (χ0) is 14.3. The summed E-state index contributed by atoms with van der Waals surface area (Å²) in [6, 6.07) is 5.62. The summed E-state index contributed by atoms with van der Waals surface area (Å²) in [5.41, 5.74) is 2.22. The number of methoxy groups -OCH3 is 1. The van der Waals surface area contributed by atoms with Crippen LogP contribution in [0.3, 0.4) is 0 Å². The Morgan fingerprint density at radius 3 is 3.00 bits per heavy atom.